The summed E-state index contributed by atoms with van der Waals surface area (Å²) >= 11 is 0. The van der Waals surface area contributed by atoms with Crippen LogP contribution in [0.15, 0.2) is 18.2 Å². The van der Waals surface area contributed by atoms with Crippen molar-refractivity contribution in [3.63, 3.8) is 0 Å². The van der Waals surface area contributed by atoms with Crippen LogP contribution in [0.25, 0.3) is 0 Å². The highest BCUT2D eigenvalue weighted by Crippen LogP contribution is 2.19. The number of aryl methyl sites for hydroxylation is 1. The van der Waals surface area contributed by atoms with Gasteiger partial charge in [0, 0.05) is 5.69 Å². The summed E-state index contributed by atoms with van der Waals surface area (Å²) in [4.78, 5) is 0. The van der Waals surface area contributed by atoms with E-state index in [9.17, 15) is 0 Å². The molecule has 0 bridgehead atoms. The predicted octanol–water partition coefficient (Wildman–Crippen LogP) is 3.00. The van der Waals surface area contributed by atoms with Gasteiger partial charge in [-0.2, -0.15) is 0 Å². The van der Waals surface area contributed by atoms with Crippen LogP contribution in [0.5, 0.6) is 5.75 Å². The SMILES string of the molecule is CCC(C)COc1ccc(N)c(C)c1. The summed E-state index contributed by atoms with van der Waals surface area (Å²) in [6.45, 7) is 7.12. The minimum atomic E-state index is 0.604. The zero-order chi connectivity index (χ0) is 10.6. The lowest BCUT2D eigenvalue weighted by Crippen LogP contribution is -2.07. The Balaban J connectivity index is 2.55. The highest BCUT2D eigenvalue weighted by atomic mass is 16.5. The Labute approximate surface area is 86.1 Å². The molecular formula is C12H19NO. The Morgan fingerprint density at radius 3 is 2.71 bits per heavy atom. The molecule has 1 unspecified atom stereocenters. The fraction of sp³-hybridized carbons (Fsp3) is 0.500. The van der Waals surface area contributed by atoms with Crippen molar-refractivity contribution in [3.8, 4) is 5.75 Å². The number of anilines is 1. The maximum Gasteiger partial charge on any atom is 0.119 e. The molecule has 0 fully saturated rings. The van der Waals surface area contributed by atoms with Gasteiger partial charge in [-0.25, -0.2) is 0 Å². The van der Waals surface area contributed by atoms with E-state index in [-0.39, 0.29) is 0 Å². The van der Waals surface area contributed by atoms with Crippen molar-refractivity contribution in [1.82, 2.24) is 0 Å². The normalized spacial score (nSPS) is 12.5. The third-order valence-corrected chi connectivity index (χ3v) is 2.47. The lowest BCUT2D eigenvalue weighted by atomic mass is 10.1. The van der Waals surface area contributed by atoms with Gasteiger partial charge in [0.1, 0.15) is 5.75 Å². The van der Waals surface area contributed by atoms with Crippen LogP contribution in [-0.2, 0) is 0 Å². The van der Waals surface area contributed by atoms with Crippen LogP contribution >= 0.6 is 0 Å². The predicted molar refractivity (Wildman–Crippen MR) is 60.5 cm³/mol. The topological polar surface area (TPSA) is 35.2 Å². The van der Waals surface area contributed by atoms with E-state index in [1.807, 2.05) is 25.1 Å². The maximum absolute atomic E-state index is 5.72. The summed E-state index contributed by atoms with van der Waals surface area (Å²) in [6.07, 6.45) is 1.15. The van der Waals surface area contributed by atoms with Crippen molar-refractivity contribution in [2.24, 2.45) is 5.92 Å². The van der Waals surface area contributed by atoms with Crippen molar-refractivity contribution in [2.75, 3.05) is 12.3 Å². The van der Waals surface area contributed by atoms with Gasteiger partial charge in [-0.05, 0) is 36.6 Å². The smallest absolute Gasteiger partial charge is 0.119 e. The Kier molecular flexibility index (Phi) is 3.81. The largest absolute Gasteiger partial charge is 0.493 e. The van der Waals surface area contributed by atoms with E-state index in [4.69, 9.17) is 10.5 Å². The summed E-state index contributed by atoms with van der Waals surface area (Å²) in [5, 5.41) is 0. The lowest BCUT2D eigenvalue weighted by Gasteiger charge is -2.11. The Bertz CT molecular complexity index is 296. The highest BCUT2D eigenvalue weighted by molar-refractivity contribution is 5.49. The summed E-state index contributed by atoms with van der Waals surface area (Å²) < 4.78 is 5.64. The van der Waals surface area contributed by atoms with Gasteiger partial charge in [-0.3, -0.25) is 0 Å². The summed E-state index contributed by atoms with van der Waals surface area (Å²) in [7, 11) is 0. The molecule has 0 aliphatic carbocycles. The summed E-state index contributed by atoms with van der Waals surface area (Å²) in [5.41, 5.74) is 7.61. The quantitative estimate of drug-likeness (QED) is 0.746. The third kappa shape index (κ3) is 2.95. The molecule has 0 radical (unpaired) electrons. The van der Waals surface area contributed by atoms with Crippen LogP contribution in [0.2, 0.25) is 0 Å². The minimum absolute atomic E-state index is 0.604. The monoisotopic (exact) mass is 193 g/mol. The van der Waals surface area contributed by atoms with E-state index in [0.29, 0.717) is 5.92 Å². The average Bonchev–Trinajstić information content (AvgIpc) is 2.19. The molecule has 2 heteroatoms. The molecule has 0 saturated heterocycles. The first kappa shape index (κ1) is 10.9. The number of rotatable bonds is 4. The molecule has 0 spiro atoms. The maximum atomic E-state index is 5.72. The fourth-order valence-corrected chi connectivity index (χ4v) is 1.09. The van der Waals surface area contributed by atoms with Gasteiger partial charge in [0.05, 0.1) is 6.61 Å². The molecule has 14 heavy (non-hydrogen) atoms. The molecule has 0 aromatic heterocycles. The first-order valence-corrected chi connectivity index (χ1v) is 5.12. The van der Waals surface area contributed by atoms with Gasteiger partial charge in [0.15, 0.2) is 0 Å². The second-order valence-electron chi connectivity index (χ2n) is 3.84. The average molecular weight is 193 g/mol. The number of nitrogen functional groups attached to an aromatic ring is 1. The van der Waals surface area contributed by atoms with Gasteiger partial charge in [-0.15, -0.1) is 0 Å². The number of nitrogens with two attached hydrogens (primary N) is 1. The number of ether oxygens (including phenoxy) is 1. The number of hydrogen-bond acceptors (Lipinski definition) is 2. The molecule has 78 valence electrons. The molecule has 1 aromatic carbocycles. The molecule has 1 atom stereocenters. The standard InChI is InChI=1S/C12H19NO/c1-4-9(2)8-14-11-5-6-12(13)10(3)7-11/h5-7,9H,4,8,13H2,1-3H3. The van der Waals surface area contributed by atoms with Gasteiger partial charge in [0.2, 0.25) is 0 Å². The van der Waals surface area contributed by atoms with E-state index in [2.05, 4.69) is 13.8 Å². The first-order chi connectivity index (χ1) is 6.63. The van der Waals surface area contributed by atoms with E-state index in [1.54, 1.807) is 0 Å². The van der Waals surface area contributed by atoms with Crippen LogP contribution in [-0.4, -0.2) is 6.61 Å². The zero-order valence-electron chi connectivity index (χ0n) is 9.21. The van der Waals surface area contributed by atoms with Crippen molar-refractivity contribution in [2.45, 2.75) is 27.2 Å². The Morgan fingerprint density at radius 1 is 1.43 bits per heavy atom. The van der Waals surface area contributed by atoms with Gasteiger partial charge in [-0.1, -0.05) is 20.3 Å². The van der Waals surface area contributed by atoms with Crippen LogP contribution in [0.3, 0.4) is 0 Å². The van der Waals surface area contributed by atoms with Crippen molar-refractivity contribution < 1.29 is 4.74 Å². The minimum Gasteiger partial charge on any atom is -0.493 e. The second-order valence-corrected chi connectivity index (χ2v) is 3.84. The molecular weight excluding hydrogens is 174 g/mol. The Morgan fingerprint density at radius 2 is 2.14 bits per heavy atom. The van der Waals surface area contributed by atoms with E-state index >= 15 is 0 Å². The molecule has 1 rings (SSSR count). The van der Waals surface area contributed by atoms with Crippen LogP contribution in [0.1, 0.15) is 25.8 Å². The first-order valence-electron chi connectivity index (χ1n) is 5.12. The van der Waals surface area contributed by atoms with Gasteiger partial charge >= 0.3 is 0 Å². The van der Waals surface area contributed by atoms with Crippen molar-refractivity contribution in [1.29, 1.82) is 0 Å². The fourth-order valence-electron chi connectivity index (χ4n) is 1.09. The van der Waals surface area contributed by atoms with Crippen LogP contribution in [0.4, 0.5) is 5.69 Å². The van der Waals surface area contributed by atoms with Crippen LogP contribution < -0.4 is 10.5 Å². The molecule has 0 amide bonds. The molecule has 0 heterocycles. The van der Waals surface area contributed by atoms with Crippen molar-refractivity contribution in [3.05, 3.63) is 23.8 Å². The molecule has 1 aromatic rings. The second kappa shape index (κ2) is 4.89. The van der Waals surface area contributed by atoms with E-state index in [1.165, 1.54) is 0 Å². The number of benzene rings is 1. The summed E-state index contributed by atoms with van der Waals surface area (Å²) in [5.74, 6) is 1.52. The molecule has 0 aliphatic rings. The zero-order valence-corrected chi connectivity index (χ0v) is 9.21. The van der Waals surface area contributed by atoms with Gasteiger partial charge in [0.25, 0.3) is 0 Å². The molecule has 0 saturated carbocycles. The Hall–Kier alpha value is -1.18. The third-order valence-electron chi connectivity index (χ3n) is 2.47. The van der Waals surface area contributed by atoms with Crippen LogP contribution in [0, 0.1) is 12.8 Å². The molecule has 0 aliphatic heterocycles. The number of hydrogen-bond donors (Lipinski definition) is 1. The lowest BCUT2D eigenvalue weighted by molar-refractivity contribution is 0.256. The van der Waals surface area contributed by atoms with Crippen molar-refractivity contribution >= 4 is 5.69 Å². The van der Waals surface area contributed by atoms with E-state index in [0.717, 1.165) is 30.0 Å². The highest BCUT2D eigenvalue weighted by Gasteiger charge is 2.01. The van der Waals surface area contributed by atoms with Gasteiger partial charge < -0.3 is 10.5 Å². The molecule has 2 N–H and O–H groups in total. The summed E-state index contributed by atoms with van der Waals surface area (Å²) in [6, 6.07) is 5.80. The molecule has 2 nitrogen and oxygen atoms in total. The van der Waals surface area contributed by atoms with E-state index < -0.39 is 0 Å².